The van der Waals surface area contributed by atoms with Gasteiger partial charge in [0.1, 0.15) is 17.7 Å². The lowest BCUT2D eigenvalue weighted by Gasteiger charge is -2.35. The zero-order valence-corrected chi connectivity index (χ0v) is 23.3. The van der Waals surface area contributed by atoms with Crippen LogP contribution in [0.25, 0.3) is 0 Å². The summed E-state index contributed by atoms with van der Waals surface area (Å²) in [5, 5.41) is 5.80. The number of unbranched alkanes of at least 4 members (excludes halogenated alkanes) is 2. The second-order valence-corrected chi connectivity index (χ2v) is 10.7. The van der Waals surface area contributed by atoms with Crippen LogP contribution >= 0.6 is 0 Å². The minimum Gasteiger partial charge on any atom is -0.444 e. The highest BCUT2D eigenvalue weighted by Crippen LogP contribution is 2.27. The molecule has 35 heavy (non-hydrogen) atoms. The van der Waals surface area contributed by atoms with E-state index in [1.54, 1.807) is 25.7 Å². The van der Waals surface area contributed by atoms with Crippen LogP contribution in [0.2, 0.25) is 0 Å². The molecular weight excluding hydrogens is 442 g/mol. The molecule has 2 N–H and O–H groups in total. The van der Waals surface area contributed by atoms with Gasteiger partial charge >= 0.3 is 6.09 Å². The van der Waals surface area contributed by atoms with Crippen molar-refractivity contribution >= 4 is 17.9 Å². The molecule has 0 saturated carbocycles. The average molecular weight is 490 g/mol. The van der Waals surface area contributed by atoms with E-state index in [9.17, 15) is 14.4 Å². The van der Waals surface area contributed by atoms with Crippen molar-refractivity contribution in [2.75, 3.05) is 13.1 Å². The Kier molecular flexibility index (Phi) is 12.3. The van der Waals surface area contributed by atoms with Gasteiger partial charge in [0.2, 0.25) is 11.8 Å². The standard InChI is InChI=1S/C28H47N3O4/c1-10-12-13-16-29-25(32)24(22-15-14-20(5)18-21(22)6)31(11-2)26(33)23(17-19(3)4)30-27(34)35-28(7,8)9/h14-15,18-19,23-24H,10-13,16-17H2,1-9H3,(H,29,32)(H,30,34). The van der Waals surface area contributed by atoms with Crippen molar-refractivity contribution in [1.29, 1.82) is 0 Å². The molecule has 0 saturated heterocycles. The Hall–Kier alpha value is -2.57. The summed E-state index contributed by atoms with van der Waals surface area (Å²) >= 11 is 0. The van der Waals surface area contributed by atoms with Gasteiger partial charge in [-0.15, -0.1) is 0 Å². The first-order valence-electron chi connectivity index (χ1n) is 13.0. The fourth-order valence-electron chi connectivity index (χ4n) is 4.07. The fourth-order valence-corrected chi connectivity index (χ4v) is 4.07. The predicted octanol–water partition coefficient (Wildman–Crippen LogP) is 5.44. The first kappa shape index (κ1) is 30.5. The average Bonchev–Trinajstić information content (AvgIpc) is 2.73. The van der Waals surface area contributed by atoms with Crippen molar-refractivity contribution in [3.8, 4) is 0 Å². The van der Waals surface area contributed by atoms with Gasteiger partial charge in [-0.2, -0.15) is 0 Å². The van der Waals surface area contributed by atoms with Crippen LogP contribution in [0.5, 0.6) is 0 Å². The van der Waals surface area contributed by atoms with Crippen molar-refractivity contribution in [2.24, 2.45) is 5.92 Å². The lowest BCUT2D eigenvalue weighted by atomic mass is 9.95. The first-order chi connectivity index (χ1) is 16.3. The van der Waals surface area contributed by atoms with E-state index in [0.29, 0.717) is 19.5 Å². The summed E-state index contributed by atoms with van der Waals surface area (Å²) in [6, 6.07) is 4.32. The summed E-state index contributed by atoms with van der Waals surface area (Å²) in [7, 11) is 0. The summed E-state index contributed by atoms with van der Waals surface area (Å²) in [5.74, 6) is -0.343. The number of carbonyl (C=O) groups is 3. The number of hydrogen-bond acceptors (Lipinski definition) is 4. The molecule has 0 aliphatic carbocycles. The maximum absolute atomic E-state index is 13.9. The van der Waals surface area contributed by atoms with Crippen molar-refractivity contribution in [3.05, 3.63) is 34.9 Å². The maximum Gasteiger partial charge on any atom is 0.408 e. The molecule has 2 atom stereocenters. The van der Waals surface area contributed by atoms with E-state index in [-0.39, 0.29) is 17.7 Å². The van der Waals surface area contributed by atoms with Crippen LogP contribution in [0.3, 0.4) is 0 Å². The Balaban J connectivity index is 3.34. The molecule has 1 aromatic rings. The Bertz CT molecular complexity index is 845. The molecule has 1 rings (SSSR count). The molecule has 7 nitrogen and oxygen atoms in total. The van der Waals surface area contributed by atoms with E-state index in [4.69, 9.17) is 4.74 Å². The third kappa shape index (κ3) is 10.3. The second-order valence-electron chi connectivity index (χ2n) is 10.7. The highest BCUT2D eigenvalue weighted by molar-refractivity contribution is 5.92. The van der Waals surface area contributed by atoms with Crippen molar-refractivity contribution < 1.29 is 19.1 Å². The molecule has 0 aliphatic heterocycles. The Labute approximate surface area is 212 Å². The van der Waals surface area contributed by atoms with Gasteiger partial charge in [0, 0.05) is 13.1 Å². The van der Waals surface area contributed by atoms with Gasteiger partial charge in [0.25, 0.3) is 0 Å². The normalized spacial score (nSPS) is 13.2. The highest BCUT2D eigenvalue weighted by Gasteiger charge is 2.36. The monoisotopic (exact) mass is 489 g/mol. The van der Waals surface area contributed by atoms with Gasteiger partial charge in [-0.1, -0.05) is 57.4 Å². The number of nitrogens with zero attached hydrogens (tertiary/aromatic N) is 1. The molecule has 0 aliphatic rings. The van der Waals surface area contributed by atoms with E-state index in [0.717, 1.165) is 36.0 Å². The van der Waals surface area contributed by atoms with Gasteiger partial charge in [0.15, 0.2) is 0 Å². The van der Waals surface area contributed by atoms with Crippen LogP contribution in [0.15, 0.2) is 18.2 Å². The van der Waals surface area contributed by atoms with E-state index in [2.05, 4.69) is 17.6 Å². The van der Waals surface area contributed by atoms with Gasteiger partial charge in [-0.25, -0.2) is 4.79 Å². The first-order valence-corrected chi connectivity index (χ1v) is 13.0. The van der Waals surface area contributed by atoms with Gasteiger partial charge < -0.3 is 20.3 Å². The molecule has 1 aromatic carbocycles. The molecule has 0 spiro atoms. The smallest absolute Gasteiger partial charge is 0.408 e. The topological polar surface area (TPSA) is 87.7 Å². The van der Waals surface area contributed by atoms with Crippen molar-refractivity contribution in [3.63, 3.8) is 0 Å². The van der Waals surface area contributed by atoms with Crippen LogP contribution in [0, 0.1) is 19.8 Å². The number of aryl methyl sites for hydroxylation is 2. The molecule has 198 valence electrons. The van der Waals surface area contributed by atoms with E-state index in [1.807, 2.05) is 52.8 Å². The lowest BCUT2D eigenvalue weighted by Crippen LogP contribution is -2.53. The molecule has 7 heteroatoms. The number of likely N-dealkylation sites (N-methyl/N-ethyl adjacent to an activating group) is 1. The molecule has 0 aromatic heterocycles. The van der Waals surface area contributed by atoms with E-state index >= 15 is 0 Å². The summed E-state index contributed by atoms with van der Waals surface area (Å²) in [6.07, 6.45) is 2.77. The zero-order valence-electron chi connectivity index (χ0n) is 23.3. The summed E-state index contributed by atoms with van der Waals surface area (Å²) in [5.41, 5.74) is 2.15. The number of carbonyl (C=O) groups excluding carboxylic acids is 3. The van der Waals surface area contributed by atoms with Gasteiger partial charge in [0.05, 0.1) is 0 Å². The number of rotatable bonds is 12. The third-order valence-electron chi connectivity index (χ3n) is 5.68. The van der Waals surface area contributed by atoms with Crippen LogP contribution in [-0.4, -0.2) is 47.5 Å². The molecule has 0 bridgehead atoms. The van der Waals surface area contributed by atoms with Gasteiger partial charge in [-0.3, -0.25) is 9.59 Å². The van der Waals surface area contributed by atoms with Crippen LogP contribution < -0.4 is 10.6 Å². The number of amides is 3. The van der Waals surface area contributed by atoms with Crippen LogP contribution in [0.1, 0.15) is 96.9 Å². The maximum atomic E-state index is 13.9. The molecule has 2 unspecified atom stereocenters. The number of benzene rings is 1. The Morgan fingerprint density at radius 1 is 1.06 bits per heavy atom. The SMILES string of the molecule is CCCCCNC(=O)C(c1ccc(C)cc1C)N(CC)C(=O)C(CC(C)C)NC(=O)OC(C)(C)C. The fraction of sp³-hybridized carbons (Fsp3) is 0.679. The van der Waals surface area contributed by atoms with Gasteiger partial charge in [-0.05, 0) is 71.4 Å². The quantitative estimate of drug-likeness (QED) is 0.383. The Morgan fingerprint density at radius 3 is 2.23 bits per heavy atom. The Morgan fingerprint density at radius 2 is 1.71 bits per heavy atom. The van der Waals surface area contributed by atoms with Crippen molar-refractivity contribution in [1.82, 2.24) is 15.5 Å². The summed E-state index contributed by atoms with van der Waals surface area (Å²) in [6.45, 7) is 18.2. The highest BCUT2D eigenvalue weighted by atomic mass is 16.6. The third-order valence-corrected chi connectivity index (χ3v) is 5.68. The van der Waals surface area contributed by atoms with E-state index in [1.165, 1.54) is 0 Å². The number of hydrogen-bond donors (Lipinski definition) is 2. The van der Waals surface area contributed by atoms with Crippen molar-refractivity contribution in [2.45, 2.75) is 106 Å². The number of ether oxygens (including phenoxy) is 1. The summed E-state index contributed by atoms with van der Waals surface area (Å²) < 4.78 is 5.41. The largest absolute Gasteiger partial charge is 0.444 e. The predicted molar refractivity (Wildman–Crippen MR) is 141 cm³/mol. The van der Waals surface area contributed by atoms with Crippen LogP contribution in [0.4, 0.5) is 4.79 Å². The van der Waals surface area contributed by atoms with E-state index < -0.39 is 23.8 Å². The zero-order chi connectivity index (χ0) is 26.8. The minimum absolute atomic E-state index is 0.153. The molecule has 3 amide bonds. The van der Waals surface area contributed by atoms with Crippen LogP contribution in [-0.2, 0) is 14.3 Å². The number of alkyl carbamates (subject to hydrolysis) is 1. The molecule has 0 heterocycles. The molecular formula is C28H47N3O4. The lowest BCUT2D eigenvalue weighted by molar-refractivity contribution is -0.142. The summed E-state index contributed by atoms with van der Waals surface area (Å²) in [4.78, 5) is 41.5. The minimum atomic E-state index is -0.800. The molecule has 0 fully saturated rings. The molecule has 0 radical (unpaired) electrons. The number of nitrogens with one attached hydrogen (secondary N) is 2. The second kappa shape index (κ2) is 14.1.